The Morgan fingerprint density at radius 2 is 1.67 bits per heavy atom. The zero-order valence-corrected chi connectivity index (χ0v) is 18.8. The molecule has 0 aromatic heterocycles. The molecule has 33 heavy (non-hydrogen) atoms. The molecule has 0 radical (unpaired) electrons. The second-order valence-corrected chi connectivity index (χ2v) is 9.50. The lowest BCUT2D eigenvalue weighted by Gasteiger charge is -2.30. The zero-order chi connectivity index (χ0) is 24.3. The molecular weight excluding hydrogens is 454 g/mol. The summed E-state index contributed by atoms with van der Waals surface area (Å²) in [4.78, 5) is 33.7. The van der Waals surface area contributed by atoms with Crippen LogP contribution in [0.25, 0.3) is 0 Å². The highest BCUT2D eigenvalue weighted by atomic mass is 32.2. The summed E-state index contributed by atoms with van der Waals surface area (Å²) in [6.45, 7) is 1.67. The summed E-state index contributed by atoms with van der Waals surface area (Å²) < 4.78 is 27.2. The number of benzene rings is 2. The van der Waals surface area contributed by atoms with E-state index in [1.54, 1.807) is 13.0 Å². The van der Waals surface area contributed by atoms with Crippen molar-refractivity contribution < 1.29 is 23.1 Å². The van der Waals surface area contributed by atoms with E-state index in [1.807, 2.05) is 0 Å². The van der Waals surface area contributed by atoms with Crippen LogP contribution in [0, 0.1) is 33.1 Å². The van der Waals surface area contributed by atoms with Gasteiger partial charge in [-0.25, -0.2) is 8.42 Å². The molecular formula is C20H23N5O7S. The normalized spacial score (nSPS) is 15.1. The number of nitrogens with one attached hydrogen (secondary N) is 2. The summed E-state index contributed by atoms with van der Waals surface area (Å²) >= 11 is 0. The monoisotopic (exact) mass is 477 g/mol. The Labute approximate surface area is 189 Å². The lowest BCUT2D eigenvalue weighted by Crippen LogP contribution is -2.41. The van der Waals surface area contributed by atoms with Gasteiger partial charge in [-0.2, -0.15) is 4.31 Å². The van der Waals surface area contributed by atoms with E-state index < -0.39 is 25.8 Å². The van der Waals surface area contributed by atoms with Gasteiger partial charge in [-0.3, -0.25) is 25.0 Å². The molecule has 0 spiro atoms. The summed E-state index contributed by atoms with van der Waals surface area (Å²) in [6, 6.07) is 8.06. The fourth-order valence-electron chi connectivity index (χ4n) is 3.73. The highest BCUT2D eigenvalue weighted by molar-refractivity contribution is 7.89. The van der Waals surface area contributed by atoms with Crippen molar-refractivity contribution in [2.24, 2.45) is 5.92 Å². The zero-order valence-electron chi connectivity index (χ0n) is 18.0. The van der Waals surface area contributed by atoms with Crippen molar-refractivity contribution in [1.82, 2.24) is 4.31 Å². The number of sulfonamides is 1. The largest absolute Gasteiger partial charge is 0.383 e. The summed E-state index contributed by atoms with van der Waals surface area (Å²) in [5.41, 5.74) is 0.418. The van der Waals surface area contributed by atoms with E-state index in [-0.39, 0.29) is 53.8 Å². The predicted molar refractivity (Wildman–Crippen MR) is 121 cm³/mol. The standard InChI is InChI=1S/C20H23N5O7S/c1-13-16(4-3-5-18(13)24(27)28)22-20(26)14-8-10-23(11-9-14)33(31,32)15-6-7-17(21-2)19(12-15)25(29)30/h3-7,12,14,21H,8-11H2,1-2H3,(H,22,26). The molecule has 176 valence electrons. The summed E-state index contributed by atoms with van der Waals surface area (Å²) in [5, 5.41) is 27.7. The number of carbonyl (C=O) groups excluding carboxylic acids is 1. The van der Waals surface area contributed by atoms with Crippen LogP contribution in [0.2, 0.25) is 0 Å². The van der Waals surface area contributed by atoms with Gasteiger partial charge in [-0.1, -0.05) is 6.07 Å². The average Bonchev–Trinajstić information content (AvgIpc) is 2.79. The van der Waals surface area contributed by atoms with Crippen molar-refractivity contribution in [2.45, 2.75) is 24.7 Å². The van der Waals surface area contributed by atoms with Crippen LogP contribution in [-0.4, -0.2) is 48.6 Å². The first-order chi connectivity index (χ1) is 15.6. The number of anilines is 2. The maximum Gasteiger partial charge on any atom is 0.293 e. The van der Waals surface area contributed by atoms with Gasteiger partial charge in [0.25, 0.3) is 11.4 Å². The van der Waals surface area contributed by atoms with Gasteiger partial charge in [0.1, 0.15) is 5.69 Å². The Hall–Kier alpha value is -3.58. The second-order valence-electron chi connectivity index (χ2n) is 7.56. The molecule has 2 aromatic carbocycles. The van der Waals surface area contributed by atoms with Crippen molar-refractivity contribution in [3.63, 3.8) is 0 Å². The molecule has 1 saturated heterocycles. The molecule has 13 heteroatoms. The number of nitro benzene ring substituents is 2. The van der Waals surface area contributed by atoms with Gasteiger partial charge in [-0.05, 0) is 38.0 Å². The van der Waals surface area contributed by atoms with Crippen LogP contribution in [0.4, 0.5) is 22.7 Å². The number of rotatable bonds is 7. The molecule has 1 aliphatic rings. The predicted octanol–water partition coefficient (Wildman–Crippen LogP) is 2.89. The maximum absolute atomic E-state index is 13.0. The van der Waals surface area contributed by atoms with Crippen molar-refractivity contribution in [3.05, 3.63) is 62.2 Å². The van der Waals surface area contributed by atoms with Gasteiger partial charge in [0.15, 0.2) is 0 Å². The van der Waals surface area contributed by atoms with E-state index in [0.717, 1.165) is 6.07 Å². The number of hydrogen-bond acceptors (Lipinski definition) is 8. The van der Waals surface area contributed by atoms with Crippen LogP contribution >= 0.6 is 0 Å². The highest BCUT2D eigenvalue weighted by Crippen LogP contribution is 2.31. The summed E-state index contributed by atoms with van der Waals surface area (Å²) in [6.07, 6.45) is 0.492. The van der Waals surface area contributed by atoms with Crippen LogP contribution in [0.5, 0.6) is 0 Å². The van der Waals surface area contributed by atoms with E-state index in [0.29, 0.717) is 11.3 Å². The lowest BCUT2D eigenvalue weighted by molar-refractivity contribution is -0.385. The average molecular weight is 477 g/mol. The molecule has 2 aromatic rings. The third kappa shape index (κ3) is 4.93. The lowest BCUT2D eigenvalue weighted by atomic mass is 9.97. The van der Waals surface area contributed by atoms with Crippen LogP contribution in [0.15, 0.2) is 41.3 Å². The topological polar surface area (TPSA) is 165 Å². The van der Waals surface area contributed by atoms with Crippen molar-refractivity contribution >= 4 is 38.7 Å². The Balaban J connectivity index is 1.70. The fraction of sp³-hybridized carbons (Fsp3) is 0.350. The SMILES string of the molecule is CNc1ccc(S(=O)(=O)N2CCC(C(=O)Nc3cccc([N+](=O)[O-])c3C)CC2)cc1[N+](=O)[O-]. The molecule has 1 heterocycles. The Bertz CT molecular complexity index is 1210. The number of carbonyl (C=O) groups is 1. The molecule has 0 atom stereocenters. The minimum absolute atomic E-state index is 0.0654. The van der Waals surface area contributed by atoms with E-state index >= 15 is 0 Å². The summed E-state index contributed by atoms with van der Waals surface area (Å²) in [5.74, 6) is -0.819. The molecule has 1 aliphatic heterocycles. The Morgan fingerprint density at radius 3 is 2.24 bits per heavy atom. The molecule has 2 N–H and O–H groups in total. The molecule has 0 unspecified atom stereocenters. The van der Waals surface area contributed by atoms with E-state index in [9.17, 15) is 33.4 Å². The van der Waals surface area contributed by atoms with Crippen molar-refractivity contribution in [3.8, 4) is 0 Å². The minimum Gasteiger partial charge on any atom is -0.383 e. The Kier molecular flexibility index (Phi) is 6.93. The van der Waals surface area contributed by atoms with Crippen LogP contribution in [0.3, 0.4) is 0 Å². The third-order valence-corrected chi connectivity index (χ3v) is 7.55. The second kappa shape index (κ2) is 9.50. The third-order valence-electron chi connectivity index (χ3n) is 5.66. The number of hydrogen-bond donors (Lipinski definition) is 2. The molecule has 0 aliphatic carbocycles. The van der Waals surface area contributed by atoms with Gasteiger partial charge in [0.05, 0.1) is 26.0 Å². The molecule has 1 fully saturated rings. The van der Waals surface area contributed by atoms with E-state index in [2.05, 4.69) is 10.6 Å². The van der Waals surface area contributed by atoms with Crippen LogP contribution in [0.1, 0.15) is 18.4 Å². The molecule has 12 nitrogen and oxygen atoms in total. The van der Waals surface area contributed by atoms with Crippen molar-refractivity contribution in [1.29, 1.82) is 0 Å². The Morgan fingerprint density at radius 1 is 1.03 bits per heavy atom. The van der Waals surface area contributed by atoms with E-state index in [4.69, 9.17) is 0 Å². The highest BCUT2D eigenvalue weighted by Gasteiger charge is 2.33. The van der Waals surface area contributed by atoms with Crippen molar-refractivity contribution in [2.75, 3.05) is 30.8 Å². The minimum atomic E-state index is -3.98. The molecule has 1 amide bonds. The molecule has 0 bridgehead atoms. The van der Waals surface area contributed by atoms with Crippen LogP contribution < -0.4 is 10.6 Å². The quantitative estimate of drug-likeness (QED) is 0.454. The van der Waals surface area contributed by atoms with Gasteiger partial charge in [-0.15, -0.1) is 0 Å². The van der Waals surface area contributed by atoms with Gasteiger partial charge in [0, 0.05) is 38.2 Å². The number of nitrogens with zero attached hydrogens (tertiary/aromatic N) is 3. The molecule has 0 saturated carbocycles. The number of nitro groups is 2. The summed E-state index contributed by atoms with van der Waals surface area (Å²) in [7, 11) is -2.48. The first kappa shape index (κ1) is 24.1. The smallest absolute Gasteiger partial charge is 0.293 e. The number of amides is 1. The van der Waals surface area contributed by atoms with E-state index in [1.165, 1.54) is 35.6 Å². The van der Waals surface area contributed by atoms with Gasteiger partial charge in [0.2, 0.25) is 15.9 Å². The van der Waals surface area contributed by atoms with Gasteiger partial charge < -0.3 is 10.6 Å². The molecule has 3 rings (SSSR count). The fourth-order valence-corrected chi connectivity index (χ4v) is 5.22. The first-order valence-electron chi connectivity index (χ1n) is 10.1. The van der Waals surface area contributed by atoms with Crippen LogP contribution in [-0.2, 0) is 14.8 Å². The maximum atomic E-state index is 13.0. The number of piperidine rings is 1. The van der Waals surface area contributed by atoms with Gasteiger partial charge >= 0.3 is 0 Å². The first-order valence-corrected chi connectivity index (χ1v) is 11.5.